The second kappa shape index (κ2) is 7.80. The number of halogens is 1. The second-order valence-electron chi connectivity index (χ2n) is 6.47. The van der Waals surface area contributed by atoms with Crippen LogP contribution in [0, 0.1) is 26.6 Å². The molecule has 3 aromatic rings. The number of rotatable bonds is 7. The van der Waals surface area contributed by atoms with Gasteiger partial charge in [0, 0.05) is 42.8 Å². The van der Waals surface area contributed by atoms with E-state index in [-0.39, 0.29) is 12.4 Å². The first-order chi connectivity index (χ1) is 12.5. The number of hydrogen-bond acceptors (Lipinski definition) is 4. The van der Waals surface area contributed by atoms with Crippen molar-refractivity contribution in [1.82, 2.24) is 24.6 Å². The molecule has 2 N–H and O–H groups in total. The number of imidazole rings is 1. The van der Waals surface area contributed by atoms with Crippen molar-refractivity contribution >= 4 is 0 Å². The number of aromatic nitrogens is 4. The summed E-state index contributed by atoms with van der Waals surface area (Å²) in [6, 6.07) is 6.31. The maximum Gasteiger partial charge on any atom is 0.123 e. The highest BCUT2D eigenvalue weighted by Crippen LogP contribution is 2.20. The second-order valence-corrected chi connectivity index (χ2v) is 6.47. The molecule has 0 aliphatic rings. The SMILES string of the molecule is Cc1ncc(CN(CCO)Cc2c(C)nn(-c3ccc(F)cc3)c2C)[nH]1. The highest BCUT2D eigenvalue weighted by Gasteiger charge is 2.17. The van der Waals surface area contributed by atoms with Gasteiger partial charge < -0.3 is 10.1 Å². The summed E-state index contributed by atoms with van der Waals surface area (Å²) in [5.74, 6) is 0.611. The monoisotopic (exact) mass is 357 g/mol. The number of nitrogens with zero attached hydrogens (tertiary/aromatic N) is 4. The zero-order valence-corrected chi connectivity index (χ0v) is 15.3. The molecule has 0 aliphatic carbocycles. The van der Waals surface area contributed by atoms with Crippen LogP contribution in [0.1, 0.15) is 28.5 Å². The van der Waals surface area contributed by atoms with Crippen molar-refractivity contribution < 1.29 is 9.50 Å². The van der Waals surface area contributed by atoms with E-state index in [0.717, 1.165) is 34.2 Å². The average molecular weight is 357 g/mol. The van der Waals surface area contributed by atoms with E-state index in [1.165, 1.54) is 12.1 Å². The van der Waals surface area contributed by atoms with Crippen LogP contribution < -0.4 is 0 Å². The molecule has 0 unspecified atom stereocenters. The van der Waals surface area contributed by atoms with E-state index in [0.29, 0.717) is 19.6 Å². The molecule has 0 fully saturated rings. The van der Waals surface area contributed by atoms with Gasteiger partial charge in [-0.1, -0.05) is 0 Å². The minimum Gasteiger partial charge on any atom is -0.395 e. The van der Waals surface area contributed by atoms with Crippen LogP contribution in [0.25, 0.3) is 5.69 Å². The molecule has 0 atom stereocenters. The van der Waals surface area contributed by atoms with Gasteiger partial charge in [0.2, 0.25) is 0 Å². The van der Waals surface area contributed by atoms with Crippen molar-refractivity contribution in [3.8, 4) is 5.69 Å². The fourth-order valence-corrected chi connectivity index (χ4v) is 3.11. The van der Waals surface area contributed by atoms with Crippen LogP contribution in [0.4, 0.5) is 4.39 Å². The van der Waals surface area contributed by atoms with E-state index >= 15 is 0 Å². The molecule has 0 bridgehead atoms. The number of aryl methyl sites for hydroxylation is 2. The fourth-order valence-electron chi connectivity index (χ4n) is 3.11. The number of benzene rings is 1. The molecule has 0 radical (unpaired) electrons. The van der Waals surface area contributed by atoms with Gasteiger partial charge in [-0.25, -0.2) is 14.1 Å². The largest absolute Gasteiger partial charge is 0.395 e. The summed E-state index contributed by atoms with van der Waals surface area (Å²) in [4.78, 5) is 9.61. The van der Waals surface area contributed by atoms with E-state index in [2.05, 4.69) is 20.0 Å². The average Bonchev–Trinajstić information content (AvgIpc) is 3.13. The van der Waals surface area contributed by atoms with Gasteiger partial charge in [0.15, 0.2) is 0 Å². The van der Waals surface area contributed by atoms with Crippen molar-refractivity contribution in [2.24, 2.45) is 0 Å². The number of nitrogens with one attached hydrogen (secondary N) is 1. The lowest BCUT2D eigenvalue weighted by Crippen LogP contribution is -2.26. The summed E-state index contributed by atoms with van der Waals surface area (Å²) in [7, 11) is 0. The third-order valence-corrected chi connectivity index (χ3v) is 4.46. The smallest absolute Gasteiger partial charge is 0.123 e. The van der Waals surface area contributed by atoms with E-state index in [1.54, 1.807) is 12.1 Å². The Morgan fingerprint density at radius 1 is 1.15 bits per heavy atom. The minimum atomic E-state index is -0.264. The topological polar surface area (TPSA) is 70.0 Å². The van der Waals surface area contributed by atoms with E-state index in [1.807, 2.05) is 31.6 Å². The number of aromatic amines is 1. The number of aliphatic hydroxyl groups is 1. The lowest BCUT2D eigenvalue weighted by molar-refractivity contribution is 0.182. The Balaban J connectivity index is 1.84. The third-order valence-electron chi connectivity index (χ3n) is 4.46. The Hall–Kier alpha value is -2.51. The molecule has 138 valence electrons. The first-order valence-electron chi connectivity index (χ1n) is 8.62. The molecule has 0 aliphatic heterocycles. The van der Waals surface area contributed by atoms with Gasteiger partial charge in [0.05, 0.1) is 18.0 Å². The fraction of sp³-hybridized carbons (Fsp3) is 0.368. The zero-order chi connectivity index (χ0) is 18.7. The molecular weight excluding hydrogens is 333 g/mol. The molecule has 2 aromatic heterocycles. The number of hydrogen-bond donors (Lipinski definition) is 2. The maximum absolute atomic E-state index is 13.2. The van der Waals surface area contributed by atoms with Crippen LogP contribution in [0.3, 0.4) is 0 Å². The molecule has 26 heavy (non-hydrogen) atoms. The van der Waals surface area contributed by atoms with Gasteiger partial charge in [-0.15, -0.1) is 0 Å². The summed E-state index contributed by atoms with van der Waals surface area (Å²) in [6.07, 6.45) is 1.82. The van der Waals surface area contributed by atoms with Crippen molar-refractivity contribution in [3.05, 3.63) is 64.7 Å². The van der Waals surface area contributed by atoms with Gasteiger partial charge in [-0.3, -0.25) is 4.90 Å². The van der Waals surface area contributed by atoms with Crippen molar-refractivity contribution in [3.63, 3.8) is 0 Å². The van der Waals surface area contributed by atoms with Gasteiger partial charge in [-0.05, 0) is 45.0 Å². The van der Waals surface area contributed by atoms with E-state index < -0.39 is 0 Å². The summed E-state index contributed by atoms with van der Waals surface area (Å²) < 4.78 is 15.0. The van der Waals surface area contributed by atoms with Crippen LogP contribution >= 0.6 is 0 Å². The van der Waals surface area contributed by atoms with Crippen molar-refractivity contribution in [2.45, 2.75) is 33.9 Å². The zero-order valence-electron chi connectivity index (χ0n) is 15.3. The molecule has 7 heteroatoms. The quantitative estimate of drug-likeness (QED) is 0.682. The molecule has 3 rings (SSSR count). The Bertz CT molecular complexity index is 869. The highest BCUT2D eigenvalue weighted by atomic mass is 19.1. The van der Waals surface area contributed by atoms with Gasteiger partial charge in [-0.2, -0.15) is 5.10 Å². The lowest BCUT2D eigenvalue weighted by Gasteiger charge is -2.21. The predicted octanol–water partition coefficient (Wildman–Crippen LogP) is 2.65. The minimum absolute atomic E-state index is 0.0807. The Morgan fingerprint density at radius 3 is 2.50 bits per heavy atom. The molecule has 6 nitrogen and oxygen atoms in total. The highest BCUT2D eigenvalue weighted by molar-refractivity contribution is 5.37. The van der Waals surface area contributed by atoms with Gasteiger partial charge >= 0.3 is 0 Å². The van der Waals surface area contributed by atoms with Crippen LogP contribution in [0.15, 0.2) is 30.5 Å². The first-order valence-corrected chi connectivity index (χ1v) is 8.62. The molecule has 0 saturated heterocycles. The van der Waals surface area contributed by atoms with Crippen LogP contribution in [0.2, 0.25) is 0 Å². The number of H-pyrrole nitrogens is 1. The molecule has 0 amide bonds. The van der Waals surface area contributed by atoms with Gasteiger partial charge in [0.1, 0.15) is 11.6 Å². The van der Waals surface area contributed by atoms with E-state index in [4.69, 9.17) is 0 Å². The molecule has 2 heterocycles. The maximum atomic E-state index is 13.2. The summed E-state index contributed by atoms with van der Waals surface area (Å²) in [6.45, 7) is 7.87. The van der Waals surface area contributed by atoms with Crippen LogP contribution in [0.5, 0.6) is 0 Å². The summed E-state index contributed by atoms with van der Waals surface area (Å²) in [5, 5.41) is 14.0. The molecule has 1 aromatic carbocycles. The predicted molar refractivity (Wildman–Crippen MR) is 97.5 cm³/mol. The molecule has 0 saturated carbocycles. The lowest BCUT2D eigenvalue weighted by atomic mass is 10.1. The van der Waals surface area contributed by atoms with E-state index in [9.17, 15) is 9.50 Å². The summed E-state index contributed by atoms with van der Waals surface area (Å²) >= 11 is 0. The van der Waals surface area contributed by atoms with Crippen LogP contribution in [-0.4, -0.2) is 42.9 Å². The first kappa shape index (κ1) is 18.3. The Morgan fingerprint density at radius 2 is 1.88 bits per heavy atom. The van der Waals surface area contributed by atoms with Gasteiger partial charge in [0.25, 0.3) is 0 Å². The third kappa shape index (κ3) is 4.00. The normalized spacial score (nSPS) is 11.5. The Kier molecular flexibility index (Phi) is 5.49. The standard InChI is InChI=1S/C19H24FN5O/c1-13-19(12-24(8-9-26)11-17-10-21-15(3)22-17)14(2)25(23-13)18-6-4-16(20)5-7-18/h4-7,10,26H,8-9,11-12H2,1-3H3,(H,21,22). The number of aliphatic hydroxyl groups excluding tert-OH is 1. The van der Waals surface area contributed by atoms with Crippen LogP contribution in [-0.2, 0) is 13.1 Å². The molecular formula is C19H24FN5O. The van der Waals surface area contributed by atoms with Crippen molar-refractivity contribution in [2.75, 3.05) is 13.2 Å². The molecule has 0 spiro atoms. The Labute approximate surface area is 152 Å². The summed E-state index contributed by atoms with van der Waals surface area (Å²) in [5.41, 5.74) is 4.89. The van der Waals surface area contributed by atoms with Crippen molar-refractivity contribution in [1.29, 1.82) is 0 Å².